The lowest BCUT2D eigenvalue weighted by molar-refractivity contribution is -0.137. The molecule has 174 valence electrons. The van der Waals surface area contributed by atoms with Crippen LogP contribution in [0.3, 0.4) is 0 Å². The van der Waals surface area contributed by atoms with Gasteiger partial charge in [-0.15, -0.1) is 0 Å². The van der Waals surface area contributed by atoms with Crippen LogP contribution in [0.15, 0.2) is 61.2 Å². The maximum absolute atomic E-state index is 12.9. The standard InChI is InChI=1S/C28H24ClF3N2/c1-5-25-23(14-19-7-10-21(11-8-19)28(30,31)32)27(29)24-15-20(9-13-26(24)34-25)17(3)22-12-6-16(2)33-18(22)4/h6-13,15H,3,5,14H2,1-2,4H3. The second-order valence-corrected chi connectivity index (χ2v) is 8.75. The summed E-state index contributed by atoms with van der Waals surface area (Å²) in [5.41, 5.74) is 7.07. The van der Waals surface area contributed by atoms with Crippen LogP contribution in [0.4, 0.5) is 13.2 Å². The second-order valence-electron chi connectivity index (χ2n) is 8.37. The van der Waals surface area contributed by atoms with E-state index in [9.17, 15) is 13.2 Å². The Morgan fingerprint density at radius 3 is 2.29 bits per heavy atom. The fraction of sp³-hybridized carbons (Fsp3) is 0.214. The number of nitrogens with zero attached hydrogens (tertiary/aromatic N) is 2. The lowest BCUT2D eigenvalue weighted by Gasteiger charge is -2.15. The normalized spacial score (nSPS) is 11.7. The van der Waals surface area contributed by atoms with Crippen molar-refractivity contribution in [3.8, 4) is 0 Å². The van der Waals surface area contributed by atoms with Gasteiger partial charge in [0.1, 0.15) is 0 Å². The SMILES string of the molecule is C=C(c1ccc2nc(CC)c(Cc3ccc(C(F)(F)F)cc3)c(Cl)c2c1)c1ccc(C)nc1C. The molecule has 2 heterocycles. The number of pyridine rings is 2. The van der Waals surface area contributed by atoms with Gasteiger partial charge in [-0.05, 0) is 72.9 Å². The molecular formula is C28H24ClF3N2. The van der Waals surface area contributed by atoms with Crippen LogP contribution in [0.2, 0.25) is 5.02 Å². The maximum Gasteiger partial charge on any atom is 0.416 e. The Labute approximate surface area is 202 Å². The van der Waals surface area contributed by atoms with Gasteiger partial charge in [0.25, 0.3) is 0 Å². The first kappa shape index (κ1) is 24.0. The van der Waals surface area contributed by atoms with Crippen LogP contribution in [0.5, 0.6) is 0 Å². The maximum atomic E-state index is 12.9. The Balaban J connectivity index is 1.75. The monoisotopic (exact) mass is 480 g/mol. The van der Waals surface area contributed by atoms with Crippen LogP contribution in [0.25, 0.3) is 16.5 Å². The van der Waals surface area contributed by atoms with Gasteiger partial charge in [0.15, 0.2) is 0 Å². The minimum atomic E-state index is -4.36. The molecule has 0 radical (unpaired) electrons. The van der Waals surface area contributed by atoms with Gasteiger partial charge in [-0.1, -0.05) is 49.4 Å². The molecule has 0 amide bonds. The van der Waals surface area contributed by atoms with Crippen LogP contribution < -0.4 is 0 Å². The van der Waals surface area contributed by atoms with E-state index in [1.807, 2.05) is 51.1 Å². The molecule has 0 aliphatic heterocycles. The van der Waals surface area contributed by atoms with Gasteiger partial charge in [0.2, 0.25) is 0 Å². The minimum Gasteiger partial charge on any atom is -0.258 e. The van der Waals surface area contributed by atoms with E-state index in [-0.39, 0.29) is 0 Å². The van der Waals surface area contributed by atoms with Crippen LogP contribution in [-0.4, -0.2) is 9.97 Å². The third kappa shape index (κ3) is 4.71. The molecule has 0 saturated carbocycles. The molecule has 6 heteroatoms. The van der Waals surface area contributed by atoms with Gasteiger partial charge in [0.05, 0.1) is 16.1 Å². The fourth-order valence-corrected chi connectivity index (χ4v) is 4.48. The Bertz CT molecular complexity index is 1390. The first-order chi connectivity index (χ1) is 16.1. The zero-order valence-electron chi connectivity index (χ0n) is 19.2. The van der Waals surface area contributed by atoms with Gasteiger partial charge in [-0.2, -0.15) is 13.2 Å². The lowest BCUT2D eigenvalue weighted by Crippen LogP contribution is -2.05. The van der Waals surface area contributed by atoms with E-state index < -0.39 is 11.7 Å². The molecule has 2 aromatic heterocycles. The van der Waals surface area contributed by atoms with Crippen LogP contribution in [0, 0.1) is 13.8 Å². The van der Waals surface area contributed by atoms with Crippen molar-refractivity contribution in [2.75, 3.05) is 0 Å². The number of hydrogen-bond donors (Lipinski definition) is 0. The summed E-state index contributed by atoms with van der Waals surface area (Å²) in [6.07, 6.45) is -3.30. The van der Waals surface area contributed by atoms with Gasteiger partial charge in [0, 0.05) is 34.5 Å². The second kappa shape index (κ2) is 9.22. The van der Waals surface area contributed by atoms with E-state index in [0.717, 1.165) is 67.9 Å². The summed E-state index contributed by atoms with van der Waals surface area (Å²) in [4.78, 5) is 9.34. The number of fused-ring (bicyclic) bond motifs is 1. The topological polar surface area (TPSA) is 25.8 Å². The number of alkyl halides is 3. The van der Waals surface area contributed by atoms with Gasteiger partial charge in [-0.3, -0.25) is 9.97 Å². The van der Waals surface area contributed by atoms with Crippen molar-refractivity contribution in [2.24, 2.45) is 0 Å². The minimum absolute atomic E-state index is 0.398. The summed E-state index contributed by atoms with van der Waals surface area (Å²) in [5.74, 6) is 0. The molecule has 0 aliphatic rings. The number of aromatic nitrogens is 2. The molecule has 0 fully saturated rings. The number of hydrogen-bond acceptors (Lipinski definition) is 2. The highest BCUT2D eigenvalue weighted by atomic mass is 35.5. The molecule has 0 bridgehead atoms. The zero-order chi connectivity index (χ0) is 24.6. The van der Waals surface area contributed by atoms with Crippen molar-refractivity contribution in [2.45, 2.75) is 39.8 Å². The molecule has 34 heavy (non-hydrogen) atoms. The molecule has 0 atom stereocenters. The molecule has 0 N–H and O–H groups in total. The molecule has 2 nitrogen and oxygen atoms in total. The van der Waals surface area contributed by atoms with Crippen LogP contribution >= 0.6 is 11.6 Å². The summed E-state index contributed by atoms with van der Waals surface area (Å²) >= 11 is 6.89. The largest absolute Gasteiger partial charge is 0.416 e. The summed E-state index contributed by atoms with van der Waals surface area (Å²) in [6.45, 7) is 10.2. The van der Waals surface area contributed by atoms with Gasteiger partial charge >= 0.3 is 6.18 Å². The fourth-order valence-electron chi connectivity index (χ4n) is 4.15. The van der Waals surface area contributed by atoms with E-state index in [4.69, 9.17) is 16.6 Å². The van der Waals surface area contributed by atoms with Crippen molar-refractivity contribution in [1.29, 1.82) is 0 Å². The molecule has 2 aromatic carbocycles. The Kier molecular flexibility index (Phi) is 6.50. The first-order valence-corrected chi connectivity index (χ1v) is 11.4. The van der Waals surface area contributed by atoms with E-state index in [2.05, 4.69) is 11.6 Å². The molecule has 0 spiro atoms. The number of benzene rings is 2. The van der Waals surface area contributed by atoms with E-state index in [0.29, 0.717) is 17.9 Å². The number of halogens is 4. The summed E-state index contributed by atoms with van der Waals surface area (Å²) in [6, 6.07) is 15.0. The van der Waals surface area contributed by atoms with Gasteiger partial charge < -0.3 is 0 Å². The lowest BCUT2D eigenvalue weighted by atomic mass is 9.95. The molecule has 0 aliphatic carbocycles. The number of rotatable bonds is 5. The predicted molar refractivity (Wildman–Crippen MR) is 132 cm³/mol. The van der Waals surface area contributed by atoms with E-state index >= 15 is 0 Å². The molecule has 4 aromatic rings. The number of aryl methyl sites for hydroxylation is 3. The van der Waals surface area contributed by atoms with Crippen molar-refractivity contribution >= 4 is 28.1 Å². The average molecular weight is 481 g/mol. The molecule has 0 unspecified atom stereocenters. The third-order valence-electron chi connectivity index (χ3n) is 6.00. The van der Waals surface area contributed by atoms with Crippen molar-refractivity contribution in [3.05, 3.63) is 111 Å². The van der Waals surface area contributed by atoms with Crippen molar-refractivity contribution in [3.63, 3.8) is 0 Å². The highest BCUT2D eigenvalue weighted by molar-refractivity contribution is 6.36. The molecule has 0 saturated heterocycles. The average Bonchev–Trinajstić information content (AvgIpc) is 2.80. The Morgan fingerprint density at radius 2 is 1.68 bits per heavy atom. The van der Waals surface area contributed by atoms with Gasteiger partial charge in [-0.25, -0.2) is 0 Å². The predicted octanol–water partition coefficient (Wildman–Crippen LogP) is 8.13. The van der Waals surface area contributed by atoms with Crippen molar-refractivity contribution in [1.82, 2.24) is 9.97 Å². The highest BCUT2D eigenvalue weighted by Gasteiger charge is 2.30. The zero-order valence-corrected chi connectivity index (χ0v) is 20.0. The Morgan fingerprint density at radius 1 is 0.971 bits per heavy atom. The smallest absolute Gasteiger partial charge is 0.258 e. The molecular weight excluding hydrogens is 457 g/mol. The van der Waals surface area contributed by atoms with Crippen molar-refractivity contribution < 1.29 is 13.2 Å². The van der Waals surface area contributed by atoms with Crippen LogP contribution in [-0.2, 0) is 19.0 Å². The highest BCUT2D eigenvalue weighted by Crippen LogP contribution is 2.35. The summed E-state index contributed by atoms with van der Waals surface area (Å²) < 4.78 is 38.8. The molecule has 4 rings (SSSR count). The summed E-state index contributed by atoms with van der Waals surface area (Å²) in [5, 5.41) is 1.35. The van der Waals surface area contributed by atoms with E-state index in [1.165, 1.54) is 12.1 Å². The summed E-state index contributed by atoms with van der Waals surface area (Å²) in [7, 11) is 0. The van der Waals surface area contributed by atoms with Crippen LogP contribution in [0.1, 0.15) is 51.8 Å². The quantitative estimate of drug-likeness (QED) is 0.288. The Hall–Kier alpha value is -3.18. The third-order valence-corrected chi connectivity index (χ3v) is 6.43. The van der Waals surface area contributed by atoms with E-state index in [1.54, 1.807) is 0 Å². The first-order valence-electron chi connectivity index (χ1n) is 11.0.